The van der Waals surface area contributed by atoms with E-state index in [0.717, 1.165) is 16.8 Å². The average molecular weight is 401 g/mol. The number of aromatic nitrogens is 1. The molecule has 1 aromatic heterocycles. The van der Waals surface area contributed by atoms with Gasteiger partial charge in [-0.2, -0.15) is 0 Å². The van der Waals surface area contributed by atoms with Crippen molar-refractivity contribution in [3.8, 4) is 0 Å². The zero-order chi connectivity index (χ0) is 20.1. The fourth-order valence-corrected chi connectivity index (χ4v) is 3.51. The third kappa shape index (κ3) is 5.49. The number of ether oxygens (including phenoxy) is 1. The highest BCUT2D eigenvalue weighted by Gasteiger charge is 2.26. The average Bonchev–Trinajstić information content (AvgIpc) is 3.44. The molecule has 1 aromatic carbocycles. The summed E-state index contributed by atoms with van der Waals surface area (Å²) in [6.07, 6.45) is 6.22. The van der Waals surface area contributed by atoms with Gasteiger partial charge in [-0.25, -0.2) is 4.79 Å². The molecule has 1 amide bonds. The maximum absolute atomic E-state index is 11.9. The molecule has 0 bridgehead atoms. The molecule has 3 rings (SSSR count). The highest BCUT2D eigenvalue weighted by atomic mass is 35.5. The summed E-state index contributed by atoms with van der Waals surface area (Å²) in [6, 6.07) is 10.2. The van der Waals surface area contributed by atoms with Gasteiger partial charge in [0.1, 0.15) is 0 Å². The van der Waals surface area contributed by atoms with Crippen LogP contribution in [0.5, 0.6) is 0 Å². The zero-order valence-corrected chi connectivity index (χ0v) is 17.0. The van der Waals surface area contributed by atoms with Crippen molar-refractivity contribution in [2.75, 3.05) is 13.2 Å². The minimum atomic E-state index is -0.527. The van der Waals surface area contributed by atoms with Crippen molar-refractivity contribution >= 4 is 29.6 Å². The van der Waals surface area contributed by atoms with E-state index >= 15 is 0 Å². The van der Waals surface area contributed by atoms with Gasteiger partial charge in [0.2, 0.25) is 0 Å². The van der Waals surface area contributed by atoms with E-state index in [4.69, 9.17) is 16.3 Å². The fraction of sp³-hybridized carbons (Fsp3) is 0.364. The fourth-order valence-electron chi connectivity index (χ4n) is 3.30. The van der Waals surface area contributed by atoms with Gasteiger partial charge in [0.15, 0.2) is 6.61 Å². The number of nitrogens with zero attached hydrogens (tertiary/aromatic N) is 1. The molecule has 5 nitrogen and oxygen atoms in total. The second kappa shape index (κ2) is 9.11. The molecule has 2 aromatic rings. The number of esters is 1. The van der Waals surface area contributed by atoms with Gasteiger partial charge in [0, 0.05) is 35.1 Å². The van der Waals surface area contributed by atoms with Crippen LogP contribution in [-0.2, 0) is 20.7 Å². The number of hydrogen-bond donors (Lipinski definition) is 1. The number of aryl methyl sites for hydroxylation is 1. The molecule has 0 unspecified atom stereocenters. The van der Waals surface area contributed by atoms with Crippen molar-refractivity contribution in [1.29, 1.82) is 0 Å². The largest absolute Gasteiger partial charge is 0.452 e. The van der Waals surface area contributed by atoms with Crippen molar-refractivity contribution in [2.24, 2.45) is 0 Å². The van der Waals surface area contributed by atoms with Crippen molar-refractivity contribution in [1.82, 2.24) is 9.88 Å². The lowest BCUT2D eigenvalue weighted by atomic mass is 10.1. The van der Waals surface area contributed by atoms with Gasteiger partial charge >= 0.3 is 5.97 Å². The van der Waals surface area contributed by atoms with Crippen molar-refractivity contribution < 1.29 is 14.3 Å². The Kier molecular flexibility index (Phi) is 6.57. The lowest BCUT2D eigenvalue weighted by Gasteiger charge is -2.07. The van der Waals surface area contributed by atoms with Crippen LogP contribution in [0, 0.1) is 13.8 Å². The first-order chi connectivity index (χ1) is 13.4. The van der Waals surface area contributed by atoms with Gasteiger partial charge in [0.25, 0.3) is 5.91 Å². The van der Waals surface area contributed by atoms with Crippen molar-refractivity contribution in [3.05, 3.63) is 63.9 Å². The lowest BCUT2D eigenvalue weighted by Crippen LogP contribution is -2.30. The lowest BCUT2D eigenvalue weighted by molar-refractivity contribution is -0.143. The zero-order valence-electron chi connectivity index (χ0n) is 16.2. The van der Waals surface area contributed by atoms with E-state index in [9.17, 15) is 9.59 Å². The summed E-state index contributed by atoms with van der Waals surface area (Å²) in [4.78, 5) is 23.7. The predicted molar refractivity (Wildman–Crippen MR) is 110 cm³/mol. The Hall–Kier alpha value is -2.53. The number of carbonyl (C=O) groups is 2. The summed E-state index contributed by atoms with van der Waals surface area (Å²) in [5, 5.41) is 3.40. The Bertz CT molecular complexity index is 897. The Morgan fingerprint density at radius 1 is 1.29 bits per heavy atom. The third-order valence-corrected chi connectivity index (χ3v) is 5.04. The van der Waals surface area contributed by atoms with Crippen LogP contribution in [0.25, 0.3) is 6.08 Å². The molecule has 6 heteroatoms. The van der Waals surface area contributed by atoms with Gasteiger partial charge in [-0.15, -0.1) is 0 Å². The molecule has 0 aliphatic heterocycles. The highest BCUT2D eigenvalue weighted by molar-refractivity contribution is 6.30. The summed E-state index contributed by atoms with van der Waals surface area (Å²) < 4.78 is 7.34. The second-order valence-corrected chi connectivity index (χ2v) is 7.54. The number of hydrogen-bond acceptors (Lipinski definition) is 3. The standard InChI is InChI=1S/C22H25ClN2O3/c1-15-12-18(16(2)25(15)20-7-8-20)6-9-22(27)28-14-21(26)24-11-10-17-4-3-5-19(23)13-17/h3-6,9,12-13,20H,7-8,10-11,14H2,1-2H3,(H,24,26)/b9-6+. The van der Waals surface area contributed by atoms with Crippen LogP contribution in [-0.4, -0.2) is 29.6 Å². The second-order valence-electron chi connectivity index (χ2n) is 7.10. The minimum Gasteiger partial charge on any atom is -0.452 e. The van der Waals surface area contributed by atoms with Crippen molar-refractivity contribution in [3.63, 3.8) is 0 Å². The van der Waals surface area contributed by atoms with E-state index in [0.29, 0.717) is 24.0 Å². The molecule has 148 valence electrons. The molecule has 1 aliphatic rings. The number of rotatable bonds is 8. The molecule has 1 fully saturated rings. The van der Waals surface area contributed by atoms with Crippen LogP contribution >= 0.6 is 11.6 Å². The Labute approximate surface area is 170 Å². The summed E-state index contributed by atoms with van der Waals surface area (Å²) in [5.41, 5.74) is 4.40. The first-order valence-electron chi connectivity index (χ1n) is 9.48. The smallest absolute Gasteiger partial charge is 0.331 e. The molecule has 0 atom stereocenters. The molecule has 1 aliphatic carbocycles. The number of amides is 1. The van der Waals surface area contributed by atoms with E-state index in [2.05, 4.69) is 29.8 Å². The number of halogens is 1. The Morgan fingerprint density at radius 2 is 2.07 bits per heavy atom. The normalized spacial score (nSPS) is 13.7. The van der Waals surface area contributed by atoms with Gasteiger partial charge < -0.3 is 14.6 Å². The molecule has 28 heavy (non-hydrogen) atoms. The molecule has 0 radical (unpaired) electrons. The maximum Gasteiger partial charge on any atom is 0.331 e. The first kappa shape index (κ1) is 20.2. The highest BCUT2D eigenvalue weighted by Crippen LogP contribution is 2.38. The molecule has 1 heterocycles. The molecule has 1 N–H and O–H groups in total. The monoisotopic (exact) mass is 400 g/mol. The van der Waals surface area contributed by atoms with Gasteiger partial charge in [-0.1, -0.05) is 23.7 Å². The van der Waals surface area contributed by atoms with E-state index in [1.54, 1.807) is 12.1 Å². The number of carbonyl (C=O) groups excluding carboxylic acids is 2. The first-order valence-corrected chi connectivity index (χ1v) is 9.86. The van der Waals surface area contributed by atoms with Crippen LogP contribution in [0.4, 0.5) is 0 Å². The van der Waals surface area contributed by atoms with Crippen molar-refractivity contribution in [2.45, 2.75) is 39.2 Å². The molecule has 0 spiro atoms. The maximum atomic E-state index is 11.9. The minimum absolute atomic E-state index is 0.292. The third-order valence-electron chi connectivity index (χ3n) is 4.80. The summed E-state index contributed by atoms with van der Waals surface area (Å²) in [5.74, 6) is -0.850. The van der Waals surface area contributed by atoms with Gasteiger partial charge in [0.05, 0.1) is 0 Å². The van der Waals surface area contributed by atoms with Gasteiger partial charge in [-0.3, -0.25) is 4.79 Å². The van der Waals surface area contributed by atoms with E-state index in [1.807, 2.05) is 18.2 Å². The Morgan fingerprint density at radius 3 is 2.79 bits per heavy atom. The van der Waals surface area contributed by atoms with Crippen LogP contribution in [0.1, 0.15) is 41.4 Å². The quantitative estimate of drug-likeness (QED) is 0.538. The number of nitrogens with one attached hydrogen (secondary N) is 1. The van der Waals surface area contributed by atoms with E-state index < -0.39 is 5.97 Å². The van der Waals surface area contributed by atoms with E-state index in [-0.39, 0.29) is 12.5 Å². The molecule has 0 saturated heterocycles. The summed E-state index contributed by atoms with van der Waals surface area (Å²) >= 11 is 5.93. The van der Waals surface area contributed by atoms with Crippen LogP contribution in [0.15, 0.2) is 36.4 Å². The topological polar surface area (TPSA) is 60.3 Å². The van der Waals surface area contributed by atoms with Crippen LogP contribution in [0.2, 0.25) is 5.02 Å². The molecule has 1 saturated carbocycles. The van der Waals surface area contributed by atoms with Crippen LogP contribution in [0.3, 0.4) is 0 Å². The van der Waals surface area contributed by atoms with Crippen LogP contribution < -0.4 is 5.32 Å². The SMILES string of the molecule is Cc1cc(/C=C/C(=O)OCC(=O)NCCc2cccc(Cl)c2)c(C)n1C1CC1. The summed E-state index contributed by atoms with van der Waals surface area (Å²) in [6.45, 7) is 4.30. The van der Waals surface area contributed by atoms with E-state index in [1.165, 1.54) is 24.6 Å². The summed E-state index contributed by atoms with van der Waals surface area (Å²) in [7, 11) is 0. The molecular weight excluding hydrogens is 376 g/mol. The number of benzene rings is 1. The van der Waals surface area contributed by atoms with Gasteiger partial charge in [-0.05, 0) is 68.5 Å². The molecular formula is C22H25ClN2O3. The Balaban J connectivity index is 1.41. The predicted octanol–water partition coefficient (Wildman–Crippen LogP) is 4.01.